The van der Waals surface area contributed by atoms with Gasteiger partial charge in [-0.1, -0.05) is 37.3 Å². The van der Waals surface area contributed by atoms with Crippen LogP contribution in [0.3, 0.4) is 0 Å². The molecule has 3 rings (SSSR count). The van der Waals surface area contributed by atoms with Crippen molar-refractivity contribution >= 4 is 0 Å². The average Bonchev–Trinajstić information content (AvgIpc) is 3.02. The summed E-state index contributed by atoms with van der Waals surface area (Å²) in [5.74, 6) is 0. The van der Waals surface area contributed by atoms with Crippen molar-refractivity contribution in [2.75, 3.05) is 26.2 Å². The summed E-state index contributed by atoms with van der Waals surface area (Å²) in [6, 6.07) is 12.1. The van der Waals surface area contributed by atoms with Gasteiger partial charge in [0.2, 0.25) is 0 Å². The number of hydrogen-bond acceptors (Lipinski definition) is 3. The highest BCUT2D eigenvalue weighted by Crippen LogP contribution is 2.19. The number of hydrogen-bond donors (Lipinski definition) is 1. The standard InChI is InChI=1S/C18H28N2O/c1-2-17-12-19-16(11-15-7-4-3-5-8-15)13-20(17)14-18-9-6-10-21-18/h3-5,7-8,16-19H,2,6,9-14H2,1H3. The minimum absolute atomic E-state index is 0.467. The number of rotatable bonds is 5. The second kappa shape index (κ2) is 7.39. The number of benzene rings is 1. The molecule has 2 aliphatic heterocycles. The van der Waals surface area contributed by atoms with Crippen LogP contribution in [0.1, 0.15) is 31.7 Å². The molecular formula is C18H28N2O. The van der Waals surface area contributed by atoms with Gasteiger partial charge >= 0.3 is 0 Å². The van der Waals surface area contributed by atoms with Crippen molar-refractivity contribution in [1.29, 1.82) is 0 Å². The smallest absolute Gasteiger partial charge is 0.0702 e. The molecule has 2 aliphatic rings. The van der Waals surface area contributed by atoms with Crippen LogP contribution in [0.25, 0.3) is 0 Å². The predicted molar refractivity (Wildman–Crippen MR) is 86.6 cm³/mol. The maximum absolute atomic E-state index is 5.84. The van der Waals surface area contributed by atoms with E-state index in [1.807, 2.05) is 0 Å². The normalized spacial score (nSPS) is 30.6. The molecule has 2 fully saturated rings. The molecule has 3 nitrogen and oxygen atoms in total. The average molecular weight is 288 g/mol. The van der Waals surface area contributed by atoms with Crippen LogP contribution in [-0.2, 0) is 11.2 Å². The summed E-state index contributed by atoms with van der Waals surface area (Å²) in [7, 11) is 0. The van der Waals surface area contributed by atoms with E-state index in [1.165, 1.54) is 24.8 Å². The van der Waals surface area contributed by atoms with Gasteiger partial charge in [0.25, 0.3) is 0 Å². The summed E-state index contributed by atoms with van der Waals surface area (Å²) in [5.41, 5.74) is 1.43. The van der Waals surface area contributed by atoms with Crippen LogP contribution in [0, 0.1) is 0 Å². The van der Waals surface area contributed by atoms with Crippen molar-refractivity contribution < 1.29 is 4.74 Å². The number of ether oxygens (including phenoxy) is 1. The van der Waals surface area contributed by atoms with E-state index in [-0.39, 0.29) is 0 Å². The molecule has 0 aliphatic carbocycles. The molecule has 3 heteroatoms. The topological polar surface area (TPSA) is 24.5 Å². The quantitative estimate of drug-likeness (QED) is 0.901. The minimum atomic E-state index is 0.467. The molecule has 0 amide bonds. The Morgan fingerprint density at radius 3 is 2.86 bits per heavy atom. The zero-order chi connectivity index (χ0) is 14.5. The van der Waals surface area contributed by atoms with E-state index in [1.54, 1.807) is 0 Å². The van der Waals surface area contributed by atoms with Gasteiger partial charge in [0.1, 0.15) is 0 Å². The first-order valence-corrected chi connectivity index (χ1v) is 8.48. The Labute approximate surface area is 128 Å². The van der Waals surface area contributed by atoms with Gasteiger partial charge in [-0.2, -0.15) is 0 Å². The van der Waals surface area contributed by atoms with Crippen molar-refractivity contribution in [2.24, 2.45) is 0 Å². The minimum Gasteiger partial charge on any atom is -0.377 e. The summed E-state index contributed by atoms with van der Waals surface area (Å²) in [6.45, 7) is 6.63. The van der Waals surface area contributed by atoms with Crippen molar-refractivity contribution in [3.05, 3.63) is 35.9 Å². The predicted octanol–water partition coefficient (Wildman–Crippen LogP) is 2.46. The van der Waals surface area contributed by atoms with E-state index < -0.39 is 0 Å². The van der Waals surface area contributed by atoms with Crippen LogP contribution in [0.4, 0.5) is 0 Å². The van der Waals surface area contributed by atoms with Crippen LogP contribution in [0.5, 0.6) is 0 Å². The second-order valence-electron chi connectivity index (χ2n) is 6.45. The molecule has 0 radical (unpaired) electrons. The van der Waals surface area contributed by atoms with Crippen LogP contribution < -0.4 is 5.32 Å². The molecule has 3 unspecified atom stereocenters. The maximum Gasteiger partial charge on any atom is 0.0702 e. The third-order valence-electron chi connectivity index (χ3n) is 4.87. The van der Waals surface area contributed by atoms with E-state index in [0.29, 0.717) is 18.2 Å². The van der Waals surface area contributed by atoms with Gasteiger partial charge in [-0.05, 0) is 31.2 Å². The zero-order valence-electron chi connectivity index (χ0n) is 13.1. The van der Waals surface area contributed by atoms with Gasteiger partial charge in [-0.3, -0.25) is 4.90 Å². The fourth-order valence-corrected chi connectivity index (χ4v) is 3.64. The highest BCUT2D eigenvalue weighted by Gasteiger charge is 2.29. The van der Waals surface area contributed by atoms with Crippen molar-refractivity contribution in [3.8, 4) is 0 Å². The molecule has 2 heterocycles. The Kier molecular flexibility index (Phi) is 5.28. The lowest BCUT2D eigenvalue weighted by molar-refractivity contribution is 0.0383. The molecule has 0 bridgehead atoms. The first-order chi connectivity index (χ1) is 10.3. The third-order valence-corrected chi connectivity index (χ3v) is 4.87. The van der Waals surface area contributed by atoms with Gasteiger partial charge in [0.05, 0.1) is 6.10 Å². The van der Waals surface area contributed by atoms with Crippen molar-refractivity contribution in [1.82, 2.24) is 10.2 Å². The van der Waals surface area contributed by atoms with Gasteiger partial charge < -0.3 is 10.1 Å². The number of piperazine rings is 1. The molecule has 0 saturated carbocycles. The van der Waals surface area contributed by atoms with Crippen LogP contribution in [0.15, 0.2) is 30.3 Å². The zero-order valence-corrected chi connectivity index (χ0v) is 13.1. The van der Waals surface area contributed by atoms with Crippen LogP contribution in [0.2, 0.25) is 0 Å². The summed E-state index contributed by atoms with van der Waals surface area (Å²) in [5, 5.41) is 3.74. The summed E-state index contributed by atoms with van der Waals surface area (Å²) in [6.07, 6.45) is 5.29. The second-order valence-corrected chi connectivity index (χ2v) is 6.45. The molecule has 0 spiro atoms. The Balaban J connectivity index is 1.57. The Morgan fingerprint density at radius 2 is 2.14 bits per heavy atom. The lowest BCUT2D eigenvalue weighted by Gasteiger charge is -2.41. The van der Waals surface area contributed by atoms with Crippen molar-refractivity contribution in [2.45, 2.75) is 50.8 Å². The SMILES string of the molecule is CCC1CNC(Cc2ccccc2)CN1CC1CCCO1. The van der Waals surface area contributed by atoms with E-state index in [4.69, 9.17) is 4.74 Å². The van der Waals surface area contributed by atoms with Gasteiger partial charge in [-0.25, -0.2) is 0 Å². The monoisotopic (exact) mass is 288 g/mol. The van der Waals surface area contributed by atoms with E-state index >= 15 is 0 Å². The molecule has 1 aromatic rings. The van der Waals surface area contributed by atoms with Crippen LogP contribution in [-0.4, -0.2) is 49.3 Å². The number of nitrogens with zero attached hydrogens (tertiary/aromatic N) is 1. The van der Waals surface area contributed by atoms with E-state index in [2.05, 4.69) is 47.5 Å². The highest BCUT2D eigenvalue weighted by molar-refractivity contribution is 5.16. The summed E-state index contributed by atoms with van der Waals surface area (Å²) >= 11 is 0. The lowest BCUT2D eigenvalue weighted by Crippen LogP contribution is -2.58. The third kappa shape index (κ3) is 4.06. The fraction of sp³-hybridized carbons (Fsp3) is 0.667. The maximum atomic E-state index is 5.84. The lowest BCUT2D eigenvalue weighted by atomic mass is 10.00. The summed E-state index contributed by atoms with van der Waals surface area (Å²) in [4.78, 5) is 2.67. The Hall–Kier alpha value is -0.900. The van der Waals surface area contributed by atoms with Gasteiger partial charge in [-0.15, -0.1) is 0 Å². The van der Waals surface area contributed by atoms with Gasteiger partial charge in [0, 0.05) is 38.3 Å². The molecule has 1 N–H and O–H groups in total. The van der Waals surface area contributed by atoms with E-state index in [9.17, 15) is 0 Å². The molecule has 3 atom stereocenters. The Morgan fingerprint density at radius 1 is 1.29 bits per heavy atom. The van der Waals surface area contributed by atoms with Crippen molar-refractivity contribution in [3.63, 3.8) is 0 Å². The fourth-order valence-electron chi connectivity index (χ4n) is 3.64. The van der Waals surface area contributed by atoms with E-state index in [0.717, 1.165) is 32.7 Å². The molecule has 116 valence electrons. The number of nitrogens with one attached hydrogen (secondary N) is 1. The van der Waals surface area contributed by atoms with Crippen LogP contribution >= 0.6 is 0 Å². The van der Waals surface area contributed by atoms with Gasteiger partial charge in [0.15, 0.2) is 0 Å². The molecular weight excluding hydrogens is 260 g/mol. The first kappa shape index (κ1) is 15.0. The molecule has 1 aromatic carbocycles. The Bertz CT molecular complexity index is 416. The molecule has 0 aromatic heterocycles. The molecule has 21 heavy (non-hydrogen) atoms. The largest absolute Gasteiger partial charge is 0.377 e. The summed E-state index contributed by atoms with van der Waals surface area (Å²) < 4.78 is 5.84. The highest BCUT2D eigenvalue weighted by atomic mass is 16.5. The molecule has 2 saturated heterocycles. The first-order valence-electron chi connectivity index (χ1n) is 8.48.